The molecular weight excluding hydrogens is 425 g/mol. The molecular formula is C16H14ClF3N2O3S2. The van der Waals surface area contributed by atoms with Crippen molar-refractivity contribution in [3.63, 3.8) is 0 Å². The lowest BCUT2D eigenvalue weighted by Gasteiger charge is -2.13. The molecule has 0 aromatic heterocycles. The maximum absolute atomic E-state index is 12.9. The molecule has 0 heterocycles. The fourth-order valence-corrected chi connectivity index (χ4v) is 3.85. The summed E-state index contributed by atoms with van der Waals surface area (Å²) < 4.78 is 65.7. The Morgan fingerprint density at radius 2 is 1.70 bits per heavy atom. The molecule has 0 aliphatic rings. The normalized spacial score (nSPS) is 11.9. The fourth-order valence-electron chi connectivity index (χ4n) is 1.89. The second kappa shape index (κ2) is 7.99. The van der Waals surface area contributed by atoms with Crippen LogP contribution in [-0.4, -0.2) is 32.7 Å². The van der Waals surface area contributed by atoms with E-state index in [-0.39, 0.29) is 10.9 Å². The Labute approximate surface area is 163 Å². The van der Waals surface area contributed by atoms with E-state index in [1.54, 1.807) is 14.1 Å². The molecule has 2 rings (SSSR count). The summed E-state index contributed by atoms with van der Waals surface area (Å²) >= 11 is 6.45. The molecule has 0 saturated heterocycles. The minimum absolute atomic E-state index is 0.139. The van der Waals surface area contributed by atoms with E-state index in [0.717, 1.165) is 23.9 Å². The van der Waals surface area contributed by atoms with E-state index >= 15 is 0 Å². The zero-order valence-corrected chi connectivity index (χ0v) is 16.4. The highest BCUT2D eigenvalue weighted by atomic mass is 35.5. The molecule has 0 saturated carbocycles. The van der Waals surface area contributed by atoms with Gasteiger partial charge in [-0.15, -0.1) is 0 Å². The van der Waals surface area contributed by atoms with Gasteiger partial charge in [0.05, 0.1) is 15.5 Å². The van der Waals surface area contributed by atoms with Crippen molar-refractivity contribution in [1.29, 1.82) is 0 Å². The summed E-state index contributed by atoms with van der Waals surface area (Å²) in [5, 5.41) is -0.794. The number of hydrogen-bond donors (Lipinski definition) is 1. The van der Waals surface area contributed by atoms with Gasteiger partial charge in [-0.1, -0.05) is 11.6 Å². The van der Waals surface area contributed by atoms with Crippen LogP contribution >= 0.6 is 23.4 Å². The van der Waals surface area contributed by atoms with Gasteiger partial charge < -0.3 is 4.90 Å². The minimum Gasteiger partial charge on any atom is -0.339 e. The van der Waals surface area contributed by atoms with Crippen molar-refractivity contribution in [2.24, 2.45) is 0 Å². The molecule has 11 heteroatoms. The molecule has 5 nitrogen and oxygen atoms in total. The predicted octanol–water partition coefficient (Wildman–Crippen LogP) is 4.93. The van der Waals surface area contributed by atoms with Crippen molar-refractivity contribution in [3.8, 4) is 0 Å². The molecule has 0 bridgehead atoms. The lowest BCUT2D eigenvalue weighted by atomic mass is 10.2. The van der Waals surface area contributed by atoms with E-state index in [9.17, 15) is 26.4 Å². The number of thioether (sulfide) groups is 1. The maximum Gasteiger partial charge on any atom is 0.417 e. The highest BCUT2D eigenvalue weighted by Crippen LogP contribution is 2.36. The van der Waals surface area contributed by atoms with Crippen molar-refractivity contribution >= 4 is 44.3 Å². The van der Waals surface area contributed by atoms with Crippen molar-refractivity contribution in [1.82, 2.24) is 4.90 Å². The second-order valence-electron chi connectivity index (χ2n) is 5.53. The zero-order chi connectivity index (χ0) is 20.4. The standard InChI is InChI=1S/C16H14ClF3N2O3S2/c1-22(2)15(23)26-11-5-3-10(4-6-11)21-27(24,25)12-7-8-14(17)13(9-12)16(18,19)20/h3-9,21H,1-2H3. The van der Waals surface area contributed by atoms with Crippen LogP contribution in [0.2, 0.25) is 5.02 Å². The Morgan fingerprint density at radius 1 is 1.11 bits per heavy atom. The summed E-state index contributed by atoms with van der Waals surface area (Å²) in [6, 6.07) is 8.20. The number of sulfonamides is 1. The number of nitrogens with one attached hydrogen (secondary N) is 1. The third kappa shape index (κ3) is 5.53. The zero-order valence-electron chi connectivity index (χ0n) is 14.0. The number of amides is 1. The summed E-state index contributed by atoms with van der Waals surface area (Å²) in [5.41, 5.74) is -1.10. The van der Waals surface area contributed by atoms with Gasteiger partial charge in [-0.05, 0) is 54.2 Å². The third-order valence-electron chi connectivity index (χ3n) is 3.23. The highest BCUT2D eigenvalue weighted by molar-refractivity contribution is 8.13. The molecule has 0 spiro atoms. The lowest BCUT2D eigenvalue weighted by Crippen LogP contribution is -2.16. The highest BCUT2D eigenvalue weighted by Gasteiger charge is 2.34. The summed E-state index contributed by atoms with van der Waals surface area (Å²) in [6.07, 6.45) is -4.78. The Balaban J connectivity index is 2.23. The molecule has 146 valence electrons. The summed E-state index contributed by atoms with van der Waals surface area (Å²) in [4.78, 5) is 13.0. The SMILES string of the molecule is CN(C)C(=O)Sc1ccc(NS(=O)(=O)c2ccc(Cl)c(C(F)(F)F)c2)cc1. The summed E-state index contributed by atoms with van der Waals surface area (Å²) in [7, 11) is -1.06. The number of benzene rings is 2. The number of carbonyl (C=O) groups is 1. The van der Waals surface area contributed by atoms with Crippen molar-refractivity contribution < 1.29 is 26.4 Å². The Morgan fingerprint density at radius 3 is 2.22 bits per heavy atom. The van der Waals surface area contributed by atoms with Crippen LogP contribution in [0, 0.1) is 0 Å². The Hall–Kier alpha value is -1.91. The molecule has 0 radical (unpaired) electrons. The molecule has 0 fully saturated rings. The van der Waals surface area contributed by atoms with E-state index in [1.165, 1.54) is 29.2 Å². The number of rotatable bonds is 4. The molecule has 0 aliphatic heterocycles. The van der Waals surface area contributed by atoms with Crippen LogP contribution in [0.1, 0.15) is 5.56 Å². The van der Waals surface area contributed by atoms with Gasteiger partial charge in [-0.3, -0.25) is 9.52 Å². The Kier molecular flexibility index (Phi) is 6.33. The van der Waals surface area contributed by atoms with Gasteiger partial charge in [0.1, 0.15) is 0 Å². The van der Waals surface area contributed by atoms with Crippen molar-refractivity contribution in [3.05, 3.63) is 53.1 Å². The first-order valence-electron chi connectivity index (χ1n) is 7.29. The van der Waals surface area contributed by atoms with Gasteiger partial charge in [0, 0.05) is 24.7 Å². The topological polar surface area (TPSA) is 66.5 Å². The van der Waals surface area contributed by atoms with Gasteiger partial charge >= 0.3 is 6.18 Å². The van der Waals surface area contributed by atoms with E-state index in [2.05, 4.69) is 4.72 Å². The van der Waals surface area contributed by atoms with Crippen LogP contribution in [0.15, 0.2) is 52.3 Å². The van der Waals surface area contributed by atoms with Crippen LogP contribution in [-0.2, 0) is 16.2 Å². The molecule has 0 atom stereocenters. The summed E-state index contributed by atoms with van der Waals surface area (Å²) in [5.74, 6) is 0. The molecule has 1 N–H and O–H groups in total. The van der Waals surface area contributed by atoms with Crippen LogP contribution < -0.4 is 4.72 Å². The Bertz CT molecular complexity index is 946. The number of carbonyl (C=O) groups excluding carboxylic acids is 1. The number of alkyl halides is 3. The molecule has 2 aromatic rings. The van der Waals surface area contributed by atoms with E-state index in [0.29, 0.717) is 11.0 Å². The average molecular weight is 439 g/mol. The first-order chi connectivity index (χ1) is 12.4. The number of nitrogens with zero attached hydrogens (tertiary/aromatic N) is 1. The molecule has 2 aromatic carbocycles. The van der Waals surface area contributed by atoms with Gasteiger partial charge in [0.15, 0.2) is 0 Å². The lowest BCUT2D eigenvalue weighted by molar-refractivity contribution is -0.137. The monoisotopic (exact) mass is 438 g/mol. The molecule has 27 heavy (non-hydrogen) atoms. The van der Waals surface area contributed by atoms with E-state index < -0.39 is 31.7 Å². The first-order valence-corrected chi connectivity index (χ1v) is 9.96. The van der Waals surface area contributed by atoms with Crippen LogP contribution in [0.3, 0.4) is 0 Å². The molecule has 0 aliphatic carbocycles. The van der Waals surface area contributed by atoms with Crippen LogP contribution in [0.5, 0.6) is 0 Å². The van der Waals surface area contributed by atoms with Crippen LogP contribution in [0.25, 0.3) is 0 Å². The predicted molar refractivity (Wildman–Crippen MR) is 98.6 cm³/mol. The van der Waals surface area contributed by atoms with Gasteiger partial charge in [0.2, 0.25) is 0 Å². The minimum atomic E-state index is -4.78. The number of anilines is 1. The largest absolute Gasteiger partial charge is 0.417 e. The number of halogens is 4. The van der Waals surface area contributed by atoms with Crippen molar-refractivity contribution in [2.75, 3.05) is 18.8 Å². The fraction of sp³-hybridized carbons (Fsp3) is 0.188. The second-order valence-corrected chi connectivity index (χ2v) is 8.65. The quantitative estimate of drug-likeness (QED) is 0.687. The average Bonchev–Trinajstić information content (AvgIpc) is 2.55. The van der Waals surface area contributed by atoms with Crippen molar-refractivity contribution in [2.45, 2.75) is 16.0 Å². The van der Waals surface area contributed by atoms with E-state index in [4.69, 9.17) is 11.6 Å². The molecule has 1 amide bonds. The van der Waals surface area contributed by atoms with Gasteiger partial charge in [0.25, 0.3) is 15.3 Å². The van der Waals surface area contributed by atoms with Crippen LogP contribution in [0.4, 0.5) is 23.7 Å². The molecule has 0 unspecified atom stereocenters. The van der Waals surface area contributed by atoms with Gasteiger partial charge in [-0.2, -0.15) is 13.2 Å². The van der Waals surface area contributed by atoms with E-state index in [1.807, 2.05) is 0 Å². The first kappa shape index (κ1) is 21.4. The number of hydrogen-bond acceptors (Lipinski definition) is 4. The smallest absolute Gasteiger partial charge is 0.339 e. The van der Waals surface area contributed by atoms with Gasteiger partial charge in [-0.25, -0.2) is 8.42 Å². The summed E-state index contributed by atoms with van der Waals surface area (Å²) in [6.45, 7) is 0. The maximum atomic E-state index is 12.9. The third-order valence-corrected chi connectivity index (χ3v) is 5.99.